The molecule has 0 aromatic heterocycles. The van der Waals surface area contributed by atoms with Gasteiger partial charge in [0.2, 0.25) is 0 Å². The second-order valence-electron chi connectivity index (χ2n) is 2.83. The highest BCUT2D eigenvalue weighted by molar-refractivity contribution is 5.73. The molecule has 14 heavy (non-hydrogen) atoms. The third-order valence-corrected chi connectivity index (χ3v) is 1.87. The Morgan fingerprint density at radius 3 is 2.64 bits per heavy atom. The second-order valence-corrected chi connectivity index (χ2v) is 2.83. The Hall–Kier alpha value is -1.71. The van der Waals surface area contributed by atoms with Crippen LogP contribution in [0.2, 0.25) is 0 Å². The third kappa shape index (κ3) is 2.39. The minimum Gasteiger partial charge on any atom is -0.495 e. The number of hydrogen-bond acceptors (Lipinski definition) is 4. The van der Waals surface area contributed by atoms with Gasteiger partial charge in [-0.25, -0.2) is 0 Å². The molecule has 0 saturated heterocycles. The Bertz CT molecular complexity index is 336. The minimum absolute atomic E-state index is 0.227. The van der Waals surface area contributed by atoms with E-state index in [9.17, 15) is 4.79 Å². The molecule has 4 nitrogen and oxygen atoms in total. The summed E-state index contributed by atoms with van der Waals surface area (Å²) in [5.41, 5.74) is 7.01. The van der Waals surface area contributed by atoms with E-state index in [1.165, 1.54) is 7.11 Å². The number of esters is 1. The van der Waals surface area contributed by atoms with E-state index in [0.29, 0.717) is 11.4 Å². The highest BCUT2D eigenvalue weighted by Gasteiger charge is 2.05. The van der Waals surface area contributed by atoms with Gasteiger partial charge in [-0.3, -0.25) is 4.79 Å². The van der Waals surface area contributed by atoms with Gasteiger partial charge in [-0.15, -0.1) is 0 Å². The Labute approximate surface area is 82.6 Å². The van der Waals surface area contributed by atoms with Crippen LogP contribution in [0.3, 0.4) is 0 Å². The lowest BCUT2D eigenvalue weighted by Crippen LogP contribution is -2.05. The van der Waals surface area contributed by atoms with Crippen molar-refractivity contribution in [2.75, 3.05) is 20.0 Å². The van der Waals surface area contributed by atoms with Crippen molar-refractivity contribution >= 4 is 11.7 Å². The average molecular weight is 195 g/mol. The van der Waals surface area contributed by atoms with Crippen molar-refractivity contribution in [1.82, 2.24) is 0 Å². The molecule has 0 fully saturated rings. The molecule has 0 atom stereocenters. The minimum atomic E-state index is -0.283. The predicted octanol–water partition coefficient (Wildman–Crippen LogP) is 0.993. The van der Waals surface area contributed by atoms with Gasteiger partial charge in [-0.2, -0.15) is 0 Å². The molecular formula is C10H13NO3. The summed E-state index contributed by atoms with van der Waals surface area (Å²) in [7, 11) is 2.90. The predicted molar refractivity (Wildman–Crippen MR) is 53.1 cm³/mol. The van der Waals surface area contributed by atoms with Crippen LogP contribution in [-0.2, 0) is 16.0 Å². The molecule has 0 aliphatic carbocycles. The zero-order chi connectivity index (χ0) is 10.6. The molecule has 76 valence electrons. The monoisotopic (exact) mass is 195 g/mol. The van der Waals surface area contributed by atoms with Gasteiger partial charge in [0.05, 0.1) is 26.3 Å². The fraction of sp³-hybridized carbons (Fsp3) is 0.300. The van der Waals surface area contributed by atoms with Gasteiger partial charge in [-0.1, -0.05) is 6.07 Å². The van der Waals surface area contributed by atoms with Crippen molar-refractivity contribution in [3.8, 4) is 5.75 Å². The van der Waals surface area contributed by atoms with Gasteiger partial charge in [0.15, 0.2) is 0 Å². The maximum Gasteiger partial charge on any atom is 0.309 e. The Morgan fingerprint density at radius 2 is 2.14 bits per heavy atom. The molecule has 0 heterocycles. The first kappa shape index (κ1) is 10.4. The lowest BCUT2D eigenvalue weighted by molar-refractivity contribution is -0.139. The zero-order valence-electron chi connectivity index (χ0n) is 8.24. The van der Waals surface area contributed by atoms with Crippen LogP contribution >= 0.6 is 0 Å². The summed E-state index contributed by atoms with van der Waals surface area (Å²) in [6, 6.07) is 5.22. The smallest absolute Gasteiger partial charge is 0.309 e. The number of carbonyl (C=O) groups is 1. The highest BCUT2D eigenvalue weighted by Crippen LogP contribution is 2.22. The fourth-order valence-corrected chi connectivity index (χ4v) is 1.13. The van der Waals surface area contributed by atoms with E-state index in [1.807, 2.05) is 0 Å². The van der Waals surface area contributed by atoms with Gasteiger partial charge < -0.3 is 15.2 Å². The van der Waals surface area contributed by atoms with Gasteiger partial charge in [0.25, 0.3) is 0 Å². The summed E-state index contributed by atoms with van der Waals surface area (Å²) in [5, 5.41) is 0. The summed E-state index contributed by atoms with van der Waals surface area (Å²) < 4.78 is 9.53. The van der Waals surface area contributed by atoms with Crippen LogP contribution in [0.1, 0.15) is 5.56 Å². The first-order valence-corrected chi connectivity index (χ1v) is 4.16. The van der Waals surface area contributed by atoms with Crippen molar-refractivity contribution in [1.29, 1.82) is 0 Å². The quantitative estimate of drug-likeness (QED) is 0.577. The summed E-state index contributed by atoms with van der Waals surface area (Å²) in [5.74, 6) is 0.327. The van der Waals surface area contributed by atoms with E-state index in [1.54, 1.807) is 25.3 Å². The molecule has 0 aliphatic rings. The molecular weight excluding hydrogens is 182 g/mol. The average Bonchev–Trinajstić information content (AvgIpc) is 2.18. The standard InChI is InChI=1S/C10H13NO3/c1-13-9-4-3-7(5-8(9)11)6-10(12)14-2/h3-5H,6,11H2,1-2H3. The van der Waals surface area contributed by atoms with Crippen molar-refractivity contribution in [2.45, 2.75) is 6.42 Å². The van der Waals surface area contributed by atoms with Crippen LogP contribution in [-0.4, -0.2) is 20.2 Å². The molecule has 1 aromatic rings. The Morgan fingerprint density at radius 1 is 1.43 bits per heavy atom. The summed E-state index contributed by atoms with van der Waals surface area (Å²) >= 11 is 0. The normalized spacial score (nSPS) is 9.57. The number of hydrogen-bond donors (Lipinski definition) is 1. The first-order valence-electron chi connectivity index (χ1n) is 4.16. The van der Waals surface area contributed by atoms with Crippen LogP contribution in [0.15, 0.2) is 18.2 Å². The molecule has 0 bridgehead atoms. The van der Waals surface area contributed by atoms with Gasteiger partial charge in [0, 0.05) is 0 Å². The van der Waals surface area contributed by atoms with E-state index in [4.69, 9.17) is 10.5 Å². The van der Waals surface area contributed by atoms with E-state index in [-0.39, 0.29) is 12.4 Å². The van der Waals surface area contributed by atoms with E-state index < -0.39 is 0 Å². The number of benzene rings is 1. The van der Waals surface area contributed by atoms with E-state index in [0.717, 1.165) is 5.56 Å². The molecule has 0 aliphatic heterocycles. The Kier molecular flexibility index (Phi) is 3.34. The van der Waals surface area contributed by atoms with Crippen molar-refractivity contribution in [3.63, 3.8) is 0 Å². The fourth-order valence-electron chi connectivity index (χ4n) is 1.13. The number of ether oxygens (including phenoxy) is 2. The maximum atomic E-state index is 11.0. The lowest BCUT2D eigenvalue weighted by atomic mass is 10.1. The largest absolute Gasteiger partial charge is 0.495 e. The SMILES string of the molecule is COC(=O)Cc1ccc(OC)c(N)c1. The first-order chi connectivity index (χ1) is 6.67. The molecule has 1 rings (SSSR count). The van der Waals surface area contributed by atoms with Crippen LogP contribution in [0.4, 0.5) is 5.69 Å². The molecule has 0 spiro atoms. The van der Waals surface area contributed by atoms with Gasteiger partial charge >= 0.3 is 5.97 Å². The Balaban J connectivity index is 2.81. The number of nitrogens with two attached hydrogens (primary N) is 1. The van der Waals surface area contributed by atoms with Crippen molar-refractivity contribution in [2.24, 2.45) is 0 Å². The van der Waals surface area contributed by atoms with Gasteiger partial charge in [-0.05, 0) is 17.7 Å². The van der Waals surface area contributed by atoms with Crippen LogP contribution in [0.25, 0.3) is 0 Å². The summed E-state index contributed by atoms with van der Waals surface area (Å²) in [6.45, 7) is 0. The van der Waals surface area contributed by atoms with E-state index >= 15 is 0 Å². The van der Waals surface area contributed by atoms with Crippen LogP contribution in [0.5, 0.6) is 5.75 Å². The number of methoxy groups -OCH3 is 2. The number of rotatable bonds is 3. The molecule has 2 N–H and O–H groups in total. The number of nitrogen functional groups attached to an aromatic ring is 1. The summed E-state index contributed by atoms with van der Waals surface area (Å²) in [4.78, 5) is 11.0. The van der Waals surface area contributed by atoms with Crippen molar-refractivity contribution in [3.05, 3.63) is 23.8 Å². The third-order valence-electron chi connectivity index (χ3n) is 1.87. The van der Waals surface area contributed by atoms with E-state index in [2.05, 4.69) is 4.74 Å². The lowest BCUT2D eigenvalue weighted by Gasteiger charge is -2.06. The van der Waals surface area contributed by atoms with Crippen molar-refractivity contribution < 1.29 is 14.3 Å². The van der Waals surface area contributed by atoms with Crippen LogP contribution in [0, 0.1) is 0 Å². The highest BCUT2D eigenvalue weighted by atomic mass is 16.5. The molecule has 1 aromatic carbocycles. The molecule has 0 unspecified atom stereocenters. The topological polar surface area (TPSA) is 61.5 Å². The molecule has 0 amide bonds. The second kappa shape index (κ2) is 4.50. The van der Waals surface area contributed by atoms with Gasteiger partial charge in [0.1, 0.15) is 5.75 Å². The van der Waals surface area contributed by atoms with Crippen LogP contribution < -0.4 is 10.5 Å². The maximum absolute atomic E-state index is 11.0. The number of carbonyl (C=O) groups excluding carboxylic acids is 1. The zero-order valence-corrected chi connectivity index (χ0v) is 8.24. The number of anilines is 1. The summed E-state index contributed by atoms with van der Waals surface area (Å²) in [6.07, 6.45) is 0.227. The molecule has 0 radical (unpaired) electrons. The molecule has 0 saturated carbocycles. The molecule has 4 heteroatoms.